The van der Waals surface area contributed by atoms with Crippen LogP contribution in [0.4, 0.5) is 5.69 Å². The normalized spacial score (nSPS) is 15.4. The minimum absolute atomic E-state index is 0.148. The first-order valence-corrected chi connectivity index (χ1v) is 12.3. The number of benzene rings is 2. The van der Waals surface area contributed by atoms with Crippen LogP contribution in [0.25, 0.3) is 0 Å². The molecule has 1 fully saturated rings. The summed E-state index contributed by atoms with van der Waals surface area (Å²) in [6.45, 7) is 1.89. The van der Waals surface area contributed by atoms with Crippen LogP contribution in [0.2, 0.25) is 0 Å². The number of hydrogen-bond acceptors (Lipinski definition) is 3. The van der Waals surface area contributed by atoms with E-state index in [1.807, 2.05) is 24.3 Å². The Morgan fingerprint density at radius 3 is 2.24 bits per heavy atom. The van der Waals surface area contributed by atoms with E-state index in [0.717, 1.165) is 43.0 Å². The van der Waals surface area contributed by atoms with Crippen molar-refractivity contribution in [2.24, 2.45) is 0 Å². The lowest BCUT2D eigenvalue weighted by atomic mass is 9.95. The van der Waals surface area contributed by atoms with Crippen LogP contribution >= 0.6 is 15.9 Å². The number of anilines is 1. The van der Waals surface area contributed by atoms with Gasteiger partial charge in [-0.25, -0.2) is 8.42 Å². The fourth-order valence-corrected chi connectivity index (χ4v) is 5.59. The zero-order chi connectivity index (χ0) is 20.9. The van der Waals surface area contributed by atoms with Gasteiger partial charge in [0.25, 0.3) is 0 Å². The summed E-state index contributed by atoms with van der Waals surface area (Å²) in [4.78, 5) is 12.9. The largest absolute Gasteiger partial charge is 0.325 e. The molecule has 2 aromatic carbocycles. The second-order valence-corrected chi connectivity index (χ2v) is 10.2. The number of aryl methyl sites for hydroxylation is 1. The summed E-state index contributed by atoms with van der Waals surface area (Å²) in [6, 6.07) is 14.1. The molecule has 1 aliphatic rings. The Morgan fingerprint density at radius 2 is 1.66 bits per heavy atom. The van der Waals surface area contributed by atoms with Gasteiger partial charge < -0.3 is 5.32 Å². The summed E-state index contributed by atoms with van der Waals surface area (Å²) in [5, 5.41) is 2.84. The van der Waals surface area contributed by atoms with Crippen LogP contribution in [0.15, 0.2) is 57.9 Å². The summed E-state index contributed by atoms with van der Waals surface area (Å²) in [7, 11) is -3.76. The lowest BCUT2D eigenvalue weighted by Crippen LogP contribution is -2.45. The van der Waals surface area contributed by atoms with Gasteiger partial charge in [0, 0.05) is 16.2 Å². The number of sulfonamides is 1. The Hall–Kier alpha value is -1.70. The zero-order valence-corrected chi connectivity index (χ0v) is 19.0. The van der Waals surface area contributed by atoms with Gasteiger partial charge in [0.2, 0.25) is 15.9 Å². The molecule has 0 aliphatic heterocycles. The summed E-state index contributed by atoms with van der Waals surface area (Å²) < 4.78 is 28.9. The molecule has 0 atom stereocenters. The SMILES string of the molecule is CCc1ccc(NC(=O)CN(C2CCCCC2)S(=O)(=O)c2ccc(Br)cc2)cc1. The molecule has 0 radical (unpaired) electrons. The van der Waals surface area contributed by atoms with Gasteiger partial charge in [-0.05, 0) is 61.2 Å². The number of amides is 1. The second-order valence-electron chi connectivity index (χ2n) is 7.39. The highest BCUT2D eigenvalue weighted by Gasteiger charge is 2.34. The second kappa shape index (κ2) is 9.87. The minimum atomic E-state index is -3.76. The number of carbonyl (C=O) groups is 1. The molecule has 29 heavy (non-hydrogen) atoms. The molecule has 0 saturated heterocycles. The van der Waals surface area contributed by atoms with Crippen molar-refractivity contribution < 1.29 is 13.2 Å². The molecule has 1 amide bonds. The van der Waals surface area contributed by atoms with Gasteiger partial charge in [0.1, 0.15) is 0 Å². The van der Waals surface area contributed by atoms with Crippen LogP contribution in [0, 0.1) is 0 Å². The first kappa shape index (κ1) is 22.0. The highest BCUT2D eigenvalue weighted by atomic mass is 79.9. The maximum absolute atomic E-state index is 13.3. The van der Waals surface area contributed by atoms with E-state index in [4.69, 9.17) is 0 Å². The van der Waals surface area contributed by atoms with E-state index in [-0.39, 0.29) is 23.4 Å². The molecule has 7 heteroatoms. The Morgan fingerprint density at radius 1 is 1.03 bits per heavy atom. The molecule has 0 unspecified atom stereocenters. The third-order valence-corrected chi connectivity index (χ3v) is 7.79. The highest BCUT2D eigenvalue weighted by molar-refractivity contribution is 9.10. The van der Waals surface area contributed by atoms with Crippen LogP contribution in [0.3, 0.4) is 0 Å². The first-order valence-electron chi connectivity index (χ1n) is 10.1. The van der Waals surface area contributed by atoms with Crippen molar-refractivity contribution in [3.8, 4) is 0 Å². The van der Waals surface area contributed by atoms with Crippen molar-refractivity contribution in [1.82, 2.24) is 4.31 Å². The number of carbonyl (C=O) groups excluding carboxylic acids is 1. The van der Waals surface area contributed by atoms with E-state index in [1.165, 1.54) is 9.87 Å². The smallest absolute Gasteiger partial charge is 0.243 e. The quantitative estimate of drug-likeness (QED) is 0.610. The number of halogens is 1. The Balaban J connectivity index is 1.81. The van der Waals surface area contributed by atoms with Crippen LogP contribution < -0.4 is 5.32 Å². The third-order valence-electron chi connectivity index (χ3n) is 5.35. The van der Waals surface area contributed by atoms with Gasteiger partial charge in [0.05, 0.1) is 11.4 Å². The van der Waals surface area contributed by atoms with Gasteiger partial charge in [-0.15, -0.1) is 0 Å². The number of nitrogens with one attached hydrogen (secondary N) is 1. The van der Waals surface area contributed by atoms with Crippen molar-refractivity contribution >= 4 is 37.5 Å². The first-order chi connectivity index (χ1) is 13.9. The number of rotatable bonds is 7. The van der Waals surface area contributed by atoms with Crippen LogP contribution in [0.1, 0.15) is 44.6 Å². The topological polar surface area (TPSA) is 66.5 Å². The summed E-state index contributed by atoms with van der Waals surface area (Å²) in [6.07, 6.45) is 5.57. The maximum atomic E-state index is 13.3. The maximum Gasteiger partial charge on any atom is 0.243 e. The summed E-state index contributed by atoms with van der Waals surface area (Å²) >= 11 is 3.34. The lowest BCUT2D eigenvalue weighted by molar-refractivity contribution is -0.116. The van der Waals surface area contributed by atoms with Crippen LogP contribution in [-0.4, -0.2) is 31.2 Å². The predicted octanol–water partition coefficient (Wildman–Crippen LogP) is 4.97. The third kappa shape index (κ3) is 5.68. The van der Waals surface area contributed by atoms with E-state index in [2.05, 4.69) is 28.2 Å². The molecular weight excluding hydrogens is 452 g/mol. The van der Waals surface area contributed by atoms with Gasteiger partial charge >= 0.3 is 0 Å². The molecule has 1 N–H and O–H groups in total. The zero-order valence-electron chi connectivity index (χ0n) is 16.6. The Kier molecular flexibility index (Phi) is 7.49. The average Bonchev–Trinajstić information content (AvgIpc) is 2.73. The lowest BCUT2D eigenvalue weighted by Gasteiger charge is -2.33. The van der Waals surface area contributed by atoms with E-state index < -0.39 is 10.0 Å². The molecule has 0 spiro atoms. The van der Waals surface area contributed by atoms with E-state index >= 15 is 0 Å². The molecule has 5 nitrogen and oxygen atoms in total. The fourth-order valence-electron chi connectivity index (χ4n) is 3.69. The summed E-state index contributed by atoms with van der Waals surface area (Å²) in [5.74, 6) is -0.319. The van der Waals surface area contributed by atoms with Crippen molar-refractivity contribution in [2.75, 3.05) is 11.9 Å². The van der Waals surface area contributed by atoms with Gasteiger partial charge in [-0.3, -0.25) is 4.79 Å². The molecule has 1 saturated carbocycles. The number of nitrogens with zero attached hydrogens (tertiary/aromatic N) is 1. The molecular formula is C22H27BrN2O3S. The van der Waals surface area contributed by atoms with Crippen LogP contribution in [-0.2, 0) is 21.2 Å². The average molecular weight is 479 g/mol. The summed E-state index contributed by atoms with van der Waals surface area (Å²) in [5.41, 5.74) is 1.86. The van der Waals surface area contributed by atoms with Crippen molar-refractivity contribution in [3.63, 3.8) is 0 Å². The number of hydrogen-bond donors (Lipinski definition) is 1. The minimum Gasteiger partial charge on any atom is -0.325 e. The van der Waals surface area contributed by atoms with E-state index in [9.17, 15) is 13.2 Å². The molecule has 0 heterocycles. The van der Waals surface area contributed by atoms with Crippen molar-refractivity contribution in [3.05, 3.63) is 58.6 Å². The molecule has 1 aliphatic carbocycles. The van der Waals surface area contributed by atoms with Crippen molar-refractivity contribution in [2.45, 2.75) is 56.4 Å². The van der Waals surface area contributed by atoms with E-state index in [0.29, 0.717) is 5.69 Å². The molecule has 3 rings (SSSR count). The van der Waals surface area contributed by atoms with Crippen molar-refractivity contribution in [1.29, 1.82) is 0 Å². The van der Waals surface area contributed by atoms with E-state index in [1.54, 1.807) is 24.3 Å². The molecule has 156 valence electrons. The Labute approximate surface area is 181 Å². The monoisotopic (exact) mass is 478 g/mol. The standard InChI is InChI=1S/C22H27BrN2O3S/c1-2-17-8-12-19(13-9-17)24-22(26)16-25(20-6-4-3-5-7-20)29(27,28)21-14-10-18(23)11-15-21/h8-15,20H,2-7,16H2,1H3,(H,24,26). The highest BCUT2D eigenvalue weighted by Crippen LogP contribution is 2.28. The fraction of sp³-hybridized carbons (Fsp3) is 0.409. The van der Waals surface area contributed by atoms with Crippen LogP contribution in [0.5, 0.6) is 0 Å². The van der Waals surface area contributed by atoms with Gasteiger partial charge in [0.15, 0.2) is 0 Å². The Bertz CT molecular complexity index is 922. The van der Waals surface area contributed by atoms with Gasteiger partial charge in [-0.1, -0.05) is 54.2 Å². The molecule has 2 aromatic rings. The predicted molar refractivity (Wildman–Crippen MR) is 119 cm³/mol. The molecule has 0 aromatic heterocycles. The molecule has 0 bridgehead atoms. The van der Waals surface area contributed by atoms with Gasteiger partial charge in [-0.2, -0.15) is 4.31 Å².